The van der Waals surface area contributed by atoms with Crippen LogP contribution in [-0.2, 0) is 14.1 Å². The molecule has 0 N–H and O–H groups in total. The van der Waals surface area contributed by atoms with Crippen LogP contribution in [0.4, 0.5) is 0 Å². The van der Waals surface area contributed by atoms with E-state index < -0.39 is 0 Å². The van der Waals surface area contributed by atoms with Crippen LogP contribution in [0.25, 0.3) is 11.0 Å². The molecule has 6 nitrogen and oxygen atoms in total. The monoisotopic (exact) mass is 350 g/mol. The van der Waals surface area contributed by atoms with Gasteiger partial charge in [0.25, 0.3) is 5.91 Å². The lowest BCUT2D eigenvalue weighted by Crippen LogP contribution is -2.37. The molecule has 3 aromatic rings. The van der Waals surface area contributed by atoms with Gasteiger partial charge in [-0.25, -0.2) is 4.79 Å². The van der Waals surface area contributed by atoms with E-state index in [4.69, 9.17) is 0 Å². The standard InChI is InChI=1S/C20H22N4O2/c1-22-17-4-3-16(13-18(17)23(2)20(22)26)19(25)24-11-7-15(8-12-24)14-5-9-21-10-6-14/h3-6,9-10,13,15H,7-8,11-12H2,1-2H3. The van der Waals surface area contributed by atoms with Gasteiger partial charge in [-0.2, -0.15) is 0 Å². The van der Waals surface area contributed by atoms with E-state index in [0.29, 0.717) is 11.5 Å². The number of carbonyl (C=O) groups excluding carboxylic acids is 1. The number of imidazole rings is 1. The zero-order valence-corrected chi connectivity index (χ0v) is 15.1. The number of benzene rings is 1. The number of amides is 1. The lowest BCUT2D eigenvalue weighted by molar-refractivity contribution is 0.0713. The molecule has 0 radical (unpaired) electrons. The molecular weight excluding hydrogens is 328 g/mol. The zero-order chi connectivity index (χ0) is 18.3. The Morgan fingerprint density at radius 2 is 1.65 bits per heavy atom. The first kappa shape index (κ1) is 16.6. The van der Waals surface area contributed by atoms with Gasteiger partial charge in [-0.15, -0.1) is 0 Å². The number of hydrogen-bond acceptors (Lipinski definition) is 3. The molecule has 2 aromatic heterocycles. The van der Waals surface area contributed by atoms with Crippen molar-refractivity contribution in [1.29, 1.82) is 0 Å². The molecule has 134 valence electrons. The minimum absolute atomic E-state index is 0.0383. The summed E-state index contributed by atoms with van der Waals surface area (Å²) in [4.78, 5) is 31.0. The minimum Gasteiger partial charge on any atom is -0.339 e. The Labute approximate surface area is 151 Å². The van der Waals surface area contributed by atoms with Crippen LogP contribution in [-0.4, -0.2) is 38.0 Å². The molecular formula is C20H22N4O2. The Hall–Kier alpha value is -2.89. The summed E-state index contributed by atoms with van der Waals surface area (Å²) in [6, 6.07) is 9.62. The van der Waals surface area contributed by atoms with Gasteiger partial charge in [-0.1, -0.05) is 0 Å². The Morgan fingerprint density at radius 3 is 2.35 bits per heavy atom. The largest absolute Gasteiger partial charge is 0.339 e. The van der Waals surface area contributed by atoms with Gasteiger partial charge in [0.15, 0.2) is 0 Å². The number of pyridine rings is 1. The summed E-state index contributed by atoms with van der Waals surface area (Å²) in [5.74, 6) is 0.524. The third-order valence-corrected chi connectivity index (χ3v) is 5.48. The third kappa shape index (κ3) is 2.71. The second kappa shape index (κ2) is 6.44. The molecule has 4 rings (SSSR count). The quantitative estimate of drug-likeness (QED) is 0.712. The lowest BCUT2D eigenvalue weighted by atomic mass is 9.90. The normalized spacial score (nSPS) is 15.5. The lowest BCUT2D eigenvalue weighted by Gasteiger charge is -2.32. The maximum absolute atomic E-state index is 12.9. The Balaban J connectivity index is 1.53. The van der Waals surface area contributed by atoms with Crippen molar-refractivity contribution in [3.8, 4) is 0 Å². The van der Waals surface area contributed by atoms with Crippen LogP contribution in [0, 0.1) is 0 Å². The number of likely N-dealkylation sites (tertiary alicyclic amines) is 1. The fraction of sp³-hybridized carbons (Fsp3) is 0.350. The molecule has 0 bridgehead atoms. The molecule has 6 heteroatoms. The molecule has 1 saturated heterocycles. The highest BCUT2D eigenvalue weighted by Gasteiger charge is 2.25. The first-order chi connectivity index (χ1) is 12.6. The van der Waals surface area contributed by atoms with Crippen molar-refractivity contribution in [2.75, 3.05) is 13.1 Å². The number of rotatable bonds is 2. The minimum atomic E-state index is -0.0808. The molecule has 1 aliphatic rings. The molecule has 0 spiro atoms. The van der Waals surface area contributed by atoms with Gasteiger partial charge in [0.1, 0.15) is 0 Å². The van der Waals surface area contributed by atoms with E-state index in [0.717, 1.165) is 37.0 Å². The van der Waals surface area contributed by atoms with E-state index in [1.807, 2.05) is 35.5 Å². The average Bonchev–Trinajstić information content (AvgIpc) is 2.92. The van der Waals surface area contributed by atoms with E-state index in [1.54, 1.807) is 23.2 Å². The van der Waals surface area contributed by atoms with Gasteiger partial charge in [0, 0.05) is 45.1 Å². The highest BCUT2D eigenvalue weighted by atomic mass is 16.2. The van der Waals surface area contributed by atoms with Crippen LogP contribution in [0.2, 0.25) is 0 Å². The number of carbonyl (C=O) groups is 1. The van der Waals surface area contributed by atoms with Crippen molar-refractivity contribution < 1.29 is 4.79 Å². The molecule has 3 heterocycles. The molecule has 1 fully saturated rings. The topological polar surface area (TPSA) is 60.1 Å². The van der Waals surface area contributed by atoms with Gasteiger partial charge in [0.2, 0.25) is 0 Å². The van der Waals surface area contributed by atoms with Crippen LogP contribution >= 0.6 is 0 Å². The van der Waals surface area contributed by atoms with E-state index in [1.165, 1.54) is 5.56 Å². The van der Waals surface area contributed by atoms with Crippen LogP contribution in [0.3, 0.4) is 0 Å². The van der Waals surface area contributed by atoms with E-state index >= 15 is 0 Å². The molecule has 0 unspecified atom stereocenters. The number of aromatic nitrogens is 3. The van der Waals surface area contributed by atoms with E-state index in [9.17, 15) is 9.59 Å². The summed E-state index contributed by atoms with van der Waals surface area (Å²) in [5, 5.41) is 0. The molecule has 0 saturated carbocycles. The second-order valence-electron chi connectivity index (χ2n) is 6.95. The molecule has 26 heavy (non-hydrogen) atoms. The molecule has 0 aliphatic carbocycles. The van der Waals surface area contributed by atoms with Crippen molar-refractivity contribution in [2.45, 2.75) is 18.8 Å². The molecule has 1 amide bonds. The Bertz CT molecular complexity index is 1010. The Kier molecular flexibility index (Phi) is 4.11. The highest BCUT2D eigenvalue weighted by Crippen LogP contribution is 2.28. The van der Waals surface area contributed by atoms with E-state index in [-0.39, 0.29) is 11.6 Å². The van der Waals surface area contributed by atoms with Crippen molar-refractivity contribution in [3.05, 3.63) is 64.3 Å². The first-order valence-electron chi connectivity index (χ1n) is 8.91. The summed E-state index contributed by atoms with van der Waals surface area (Å²) in [7, 11) is 3.48. The Morgan fingerprint density at radius 1 is 1.00 bits per heavy atom. The van der Waals surface area contributed by atoms with Crippen LogP contribution in [0.15, 0.2) is 47.5 Å². The third-order valence-electron chi connectivity index (χ3n) is 5.48. The number of fused-ring (bicyclic) bond motifs is 1. The second-order valence-corrected chi connectivity index (χ2v) is 6.95. The number of hydrogen-bond donors (Lipinski definition) is 0. The summed E-state index contributed by atoms with van der Waals surface area (Å²) < 4.78 is 3.19. The predicted octanol–water partition coefficient (Wildman–Crippen LogP) is 2.29. The van der Waals surface area contributed by atoms with Gasteiger partial charge in [0.05, 0.1) is 11.0 Å². The molecule has 1 aliphatic heterocycles. The van der Waals surface area contributed by atoms with Crippen LogP contribution in [0.5, 0.6) is 0 Å². The SMILES string of the molecule is Cn1c(=O)n(C)c2cc(C(=O)N3CCC(c4ccncc4)CC3)ccc21. The molecule has 1 aromatic carbocycles. The predicted molar refractivity (Wildman–Crippen MR) is 100 cm³/mol. The van der Waals surface area contributed by atoms with Crippen molar-refractivity contribution >= 4 is 16.9 Å². The fourth-order valence-corrected chi connectivity index (χ4v) is 3.87. The van der Waals surface area contributed by atoms with Gasteiger partial charge in [-0.05, 0) is 54.7 Å². The molecule has 0 atom stereocenters. The summed E-state index contributed by atoms with van der Waals surface area (Å²) in [6.07, 6.45) is 5.57. The first-order valence-corrected chi connectivity index (χ1v) is 8.91. The summed E-state index contributed by atoms with van der Waals surface area (Å²) in [5.41, 5.74) is 3.48. The summed E-state index contributed by atoms with van der Waals surface area (Å²) >= 11 is 0. The summed E-state index contributed by atoms with van der Waals surface area (Å²) in [6.45, 7) is 1.50. The number of aryl methyl sites for hydroxylation is 2. The number of piperidine rings is 1. The zero-order valence-electron chi connectivity index (χ0n) is 15.1. The van der Waals surface area contributed by atoms with Crippen molar-refractivity contribution in [3.63, 3.8) is 0 Å². The van der Waals surface area contributed by atoms with Gasteiger partial charge >= 0.3 is 5.69 Å². The van der Waals surface area contributed by atoms with Crippen molar-refractivity contribution in [2.24, 2.45) is 14.1 Å². The smallest absolute Gasteiger partial charge is 0.328 e. The maximum atomic E-state index is 12.9. The maximum Gasteiger partial charge on any atom is 0.328 e. The van der Waals surface area contributed by atoms with Crippen molar-refractivity contribution in [1.82, 2.24) is 19.0 Å². The average molecular weight is 350 g/mol. The van der Waals surface area contributed by atoms with Crippen LogP contribution in [0.1, 0.15) is 34.7 Å². The van der Waals surface area contributed by atoms with Crippen LogP contribution < -0.4 is 5.69 Å². The highest BCUT2D eigenvalue weighted by molar-refractivity contribution is 5.97. The van der Waals surface area contributed by atoms with E-state index in [2.05, 4.69) is 17.1 Å². The van der Waals surface area contributed by atoms with Gasteiger partial charge in [-0.3, -0.25) is 18.9 Å². The fourth-order valence-electron chi connectivity index (χ4n) is 3.87. The number of nitrogens with zero attached hydrogens (tertiary/aromatic N) is 4. The van der Waals surface area contributed by atoms with Gasteiger partial charge < -0.3 is 4.90 Å².